The third-order valence-electron chi connectivity index (χ3n) is 2.67. The van der Waals surface area contributed by atoms with Gasteiger partial charge in [0.15, 0.2) is 5.78 Å². The first-order valence-corrected chi connectivity index (χ1v) is 5.72. The summed E-state index contributed by atoms with van der Waals surface area (Å²) in [5.74, 6) is 6.22. The van der Waals surface area contributed by atoms with Gasteiger partial charge in [-0.1, -0.05) is 25.8 Å². The predicted molar refractivity (Wildman–Crippen MR) is 67.2 cm³/mol. The molecule has 0 saturated carbocycles. The molecule has 86 valence electrons. The summed E-state index contributed by atoms with van der Waals surface area (Å²) in [5, 5.41) is 0. The Labute approximate surface area is 102 Å². The van der Waals surface area contributed by atoms with E-state index < -0.39 is 0 Å². The molecule has 0 bridgehead atoms. The van der Waals surface area contributed by atoms with E-state index in [1.54, 1.807) is 12.3 Å². The van der Waals surface area contributed by atoms with Crippen LogP contribution in [0.15, 0.2) is 36.0 Å². The number of hydrogen-bond donors (Lipinski definition) is 0. The van der Waals surface area contributed by atoms with Crippen molar-refractivity contribution in [2.45, 2.75) is 26.7 Å². The minimum Gasteiger partial charge on any atom is -0.295 e. The molecule has 2 rings (SSSR count). The number of allylic oxidation sites excluding steroid dienone is 2. The molecule has 1 aliphatic carbocycles. The quantitative estimate of drug-likeness (QED) is 0.635. The number of ketones is 1. The molecule has 0 aromatic carbocycles. The van der Waals surface area contributed by atoms with Crippen molar-refractivity contribution in [3.05, 3.63) is 41.7 Å². The Morgan fingerprint density at radius 3 is 2.71 bits per heavy atom. The van der Waals surface area contributed by atoms with Crippen molar-refractivity contribution in [1.82, 2.24) is 4.98 Å². The Kier molecular flexibility index (Phi) is 3.10. The maximum Gasteiger partial charge on any atom is 0.157 e. The first-order chi connectivity index (χ1) is 8.05. The molecule has 0 fully saturated rings. The third kappa shape index (κ3) is 3.29. The summed E-state index contributed by atoms with van der Waals surface area (Å²) in [6.07, 6.45) is 4.86. The molecule has 1 aliphatic rings. The van der Waals surface area contributed by atoms with Gasteiger partial charge in [0.25, 0.3) is 0 Å². The number of carbonyl (C=O) groups excluding carboxylic acids is 1. The van der Waals surface area contributed by atoms with Crippen LogP contribution in [-0.2, 0) is 4.79 Å². The van der Waals surface area contributed by atoms with Crippen LogP contribution < -0.4 is 0 Å². The molecule has 0 saturated heterocycles. The van der Waals surface area contributed by atoms with E-state index in [0.717, 1.165) is 17.7 Å². The standard InChI is InChI=1S/C15H15NO/c1-15(2)10-12(9-14(17)11-15)6-7-13-5-3-4-8-16-13/h3-5,8-9H,10-11H2,1-2H3. The van der Waals surface area contributed by atoms with Crippen molar-refractivity contribution < 1.29 is 4.79 Å². The van der Waals surface area contributed by atoms with E-state index in [1.807, 2.05) is 18.2 Å². The first kappa shape index (κ1) is 11.6. The van der Waals surface area contributed by atoms with Gasteiger partial charge < -0.3 is 0 Å². The van der Waals surface area contributed by atoms with E-state index in [4.69, 9.17) is 0 Å². The molecule has 0 N–H and O–H groups in total. The van der Waals surface area contributed by atoms with Crippen LogP contribution in [0.2, 0.25) is 0 Å². The van der Waals surface area contributed by atoms with E-state index in [-0.39, 0.29) is 11.2 Å². The average Bonchev–Trinajstić information content (AvgIpc) is 2.25. The Hall–Kier alpha value is -1.88. The van der Waals surface area contributed by atoms with Crippen LogP contribution in [0.1, 0.15) is 32.4 Å². The van der Waals surface area contributed by atoms with Crippen LogP contribution >= 0.6 is 0 Å². The fourth-order valence-corrected chi connectivity index (χ4v) is 2.01. The fraction of sp³-hybridized carbons (Fsp3) is 0.333. The van der Waals surface area contributed by atoms with Crippen LogP contribution in [0.5, 0.6) is 0 Å². The highest BCUT2D eigenvalue weighted by molar-refractivity contribution is 5.92. The van der Waals surface area contributed by atoms with Crippen molar-refractivity contribution >= 4 is 5.78 Å². The number of hydrogen-bond acceptors (Lipinski definition) is 2. The van der Waals surface area contributed by atoms with E-state index in [2.05, 4.69) is 30.7 Å². The van der Waals surface area contributed by atoms with E-state index in [9.17, 15) is 4.79 Å². The molecule has 17 heavy (non-hydrogen) atoms. The highest BCUT2D eigenvalue weighted by Gasteiger charge is 2.26. The van der Waals surface area contributed by atoms with Gasteiger partial charge in [0, 0.05) is 18.2 Å². The van der Waals surface area contributed by atoms with Gasteiger partial charge in [0.2, 0.25) is 0 Å². The van der Waals surface area contributed by atoms with Crippen LogP contribution in [0, 0.1) is 17.3 Å². The van der Waals surface area contributed by atoms with Crippen LogP contribution in [0.25, 0.3) is 0 Å². The summed E-state index contributed by atoms with van der Waals surface area (Å²) in [5.41, 5.74) is 1.68. The van der Waals surface area contributed by atoms with Crippen LogP contribution in [-0.4, -0.2) is 10.8 Å². The highest BCUT2D eigenvalue weighted by Crippen LogP contribution is 2.33. The second-order valence-corrected chi connectivity index (χ2v) is 5.12. The van der Waals surface area contributed by atoms with Gasteiger partial charge in [-0.3, -0.25) is 4.79 Å². The maximum absolute atomic E-state index is 11.5. The van der Waals surface area contributed by atoms with Crippen molar-refractivity contribution in [3.8, 4) is 11.8 Å². The number of nitrogens with zero attached hydrogens (tertiary/aromatic N) is 1. The van der Waals surface area contributed by atoms with E-state index in [1.165, 1.54) is 0 Å². The minimum atomic E-state index is 0.0277. The largest absolute Gasteiger partial charge is 0.295 e. The summed E-state index contributed by atoms with van der Waals surface area (Å²) in [6.45, 7) is 4.20. The third-order valence-corrected chi connectivity index (χ3v) is 2.67. The van der Waals surface area contributed by atoms with Crippen molar-refractivity contribution in [2.24, 2.45) is 5.41 Å². The van der Waals surface area contributed by atoms with Gasteiger partial charge in [-0.05, 0) is 36.0 Å². The zero-order valence-corrected chi connectivity index (χ0v) is 10.2. The Bertz CT molecular complexity index is 515. The maximum atomic E-state index is 11.5. The van der Waals surface area contributed by atoms with Gasteiger partial charge in [-0.2, -0.15) is 0 Å². The van der Waals surface area contributed by atoms with Gasteiger partial charge in [0.05, 0.1) is 0 Å². The summed E-state index contributed by atoms with van der Waals surface area (Å²) >= 11 is 0. The van der Waals surface area contributed by atoms with Gasteiger partial charge in [-0.15, -0.1) is 0 Å². The summed E-state index contributed by atoms with van der Waals surface area (Å²) in [7, 11) is 0. The number of aromatic nitrogens is 1. The summed E-state index contributed by atoms with van der Waals surface area (Å²) in [4.78, 5) is 15.7. The summed E-state index contributed by atoms with van der Waals surface area (Å²) in [6, 6.07) is 5.63. The molecule has 1 aromatic rings. The molecule has 0 spiro atoms. The zero-order chi connectivity index (χ0) is 12.3. The minimum absolute atomic E-state index is 0.0277. The average molecular weight is 225 g/mol. The van der Waals surface area contributed by atoms with Gasteiger partial charge >= 0.3 is 0 Å². The van der Waals surface area contributed by atoms with Crippen molar-refractivity contribution in [2.75, 3.05) is 0 Å². The van der Waals surface area contributed by atoms with Crippen molar-refractivity contribution in [1.29, 1.82) is 0 Å². The predicted octanol–water partition coefficient (Wildman–Crippen LogP) is 2.75. The lowest BCUT2D eigenvalue weighted by molar-refractivity contribution is -0.116. The molecule has 0 atom stereocenters. The molecule has 1 heterocycles. The normalized spacial score (nSPS) is 18.0. The monoisotopic (exact) mass is 225 g/mol. The second-order valence-electron chi connectivity index (χ2n) is 5.12. The Balaban J connectivity index is 2.20. The van der Waals surface area contributed by atoms with Gasteiger partial charge in [0.1, 0.15) is 5.69 Å². The highest BCUT2D eigenvalue weighted by atomic mass is 16.1. The van der Waals surface area contributed by atoms with Crippen LogP contribution in [0.4, 0.5) is 0 Å². The lowest BCUT2D eigenvalue weighted by Crippen LogP contribution is -2.21. The fourth-order valence-electron chi connectivity index (χ4n) is 2.01. The van der Waals surface area contributed by atoms with Crippen molar-refractivity contribution in [3.63, 3.8) is 0 Å². The Morgan fingerprint density at radius 2 is 2.06 bits per heavy atom. The first-order valence-electron chi connectivity index (χ1n) is 5.72. The molecule has 2 nitrogen and oxygen atoms in total. The molecule has 0 amide bonds. The molecule has 1 aromatic heterocycles. The molecule has 2 heteroatoms. The molecule has 0 aliphatic heterocycles. The smallest absolute Gasteiger partial charge is 0.157 e. The molecular weight excluding hydrogens is 210 g/mol. The lowest BCUT2D eigenvalue weighted by atomic mass is 9.77. The molecule has 0 radical (unpaired) electrons. The number of rotatable bonds is 0. The van der Waals surface area contributed by atoms with E-state index in [0.29, 0.717) is 6.42 Å². The Morgan fingerprint density at radius 1 is 1.24 bits per heavy atom. The molecular formula is C15H15NO. The van der Waals surface area contributed by atoms with E-state index >= 15 is 0 Å². The summed E-state index contributed by atoms with van der Waals surface area (Å²) < 4.78 is 0. The number of carbonyl (C=O) groups is 1. The molecule has 0 unspecified atom stereocenters. The number of pyridine rings is 1. The zero-order valence-electron chi connectivity index (χ0n) is 10.2. The van der Waals surface area contributed by atoms with Crippen LogP contribution in [0.3, 0.4) is 0 Å². The second kappa shape index (κ2) is 4.55. The SMILES string of the molecule is CC1(C)CC(=O)C=C(C#Cc2ccccn2)C1. The topological polar surface area (TPSA) is 30.0 Å². The lowest BCUT2D eigenvalue weighted by Gasteiger charge is -2.26. The van der Waals surface area contributed by atoms with Gasteiger partial charge in [-0.25, -0.2) is 4.98 Å².